The zero-order valence-corrected chi connectivity index (χ0v) is 18.4. The second-order valence-corrected chi connectivity index (χ2v) is 8.05. The Morgan fingerprint density at radius 3 is 2.00 bits per heavy atom. The number of hydrogen-bond donors (Lipinski definition) is 0. The maximum atomic E-state index is 14.3. The average molecular weight is 543 g/mol. The Hall–Kier alpha value is -4.53. The SMILES string of the molecule is N#Cc1cnn(-c2ccc(C3=NOC(c4cc(C(F)(F)F)cc(C(F)(F)F)c4)(C(F)(F)F)C3)cc2C#N)c1. The van der Waals surface area contributed by atoms with Gasteiger partial charge in [0.05, 0.1) is 39.8 Å². The Labute approximate surface area is 206 Å². The van der Waals surface area contributed by atoms with Crippen LogP contribution < -0.4 is 0 Å². The summed E-state index contributed by atoms with van der Waals surface area (Å²) >= 11 is 0. The monoisotopic (exact) mass is 543 g/mol. The lowest BCUT2D eigenvalue weighted by atomic mass is 9.84. The van der Waals surface area contributed by atoms with Crippen LogP contribution in [0.4, 0.5) is 39.5 Å². The molecule has 0 saturated heterocycles. The van der Waals surface area contributed by atoms with Crippen LogP contribution in [0.25, 0.3) is 5.69 Å². The highest BCUT2D eigenvalue weighted by Gasteiger charge is 2.63. The predicted octanol–water partition coefficient (Wildman–Crippen LogP) is 6.24. The molecule has 4 rings (SSSR count). The van der Waals surface area contributed by atoms with E-state index in [2.05, 4.69) is 15.1 Å². The van der Waals surface area contributed by atoms with Gasteiger partial charge in [0.15, 0.2) is 0 Å². The van der Waals surface area contributed by atoms with E-state index in [1.54, 1.807) is 6.07 Å². The molecule has 0 N–H and O–H groups in total. The topological polar surface area (TPSA) is 87.0 Å². The van der Waals surface area contributed by atoms with Crippen molar-refractivity contribution >= 4 is 5.71 Å². The van der Waals surface area contributed by atoms with Crippen LogP contribution in [0.2, 0.25) is 0 Å². The predicted molar refractivity (Wildman–Crippen MR) is 109 cm³/mol. The smallest absolute Gasteiger partial charge is 0.374 e. The van der Waals surface area contributed by atoms with Crippen LogP contribution in [0.3, 0.4) is 0 Å². The van der Waals surface area contributed by atoms with Crippen LogP contribution in [0.1, 0.15) is 39.8 Å². The molecule has 1 atom stereocenters. The molecule has 1 aromatic heterocycles. The van der Waals surface area contributed by atoms with Gasteiger partial charge in [-0.15, -0.1) is 0 Å². The third kappa shape index (κ3) is 4.63. The van der Waals surface area contributed by atoms with Crippen LogP contribution in [0.5, 0.6) is 0 Å². The molecule has 1 unspecified atom stereocenters. The largest absolute Gasteiger partial charge is 0.435 e. The summed E-state index contributed by atoms with van der Waals surface area (Å²) in [5, 5.41) is 25.7. The molecule has 38 heavy (non-hydrogen) atoms. The van der Waals surface area contributed by atoms with Crippen molar-refractivity contribution in [3.8, 4) is 17.8 Å². The first-order chi connectivity index (χ1) is 17.6. The summed E-state index contributed by atoms with van der Waals surface area (Å²) in [5.41, 5.74) is -9.41. The zero-order chi connectivity index (χ0) is 28.1. The van der Waals surface area contributed by atoms with Gasteiger partial charge in [-0.2, -0.15) is 55.1 Å². The molecular weight excluding hydrogens is 533 g/mol. The molecule has 0 amide bonds. The highest BCUT2D eigenvalue weighted by atomic mass is 19.4. The van der Waals surface area contributed by atoms with Gasteiger partial charge in [-0.05, 0) is 30.3 Å². The van der Waals surface area contributed by atoms with E-state index in [-0.39, 0.29) is 40.6 Å². The molecule has 0 fully saturated rings. The Bertz CT molecular complexity index is 1490. The Morgan fingerprint density at radius 1 is 0.868 bits per heavy atom. The van der Waals surface area contributed by atoms with Crippen molar-refractivity contribution in [1.29, 1.82) is 10.5 Å². The number of hydrogen-bond acceptors (Lipinski definition) is 5. The minimum Gasteiger partial charge on any atom is -0.374 e. The van der Waals surface area contributed by atoms with E-state index in [1.807, 2.05) is 6.07 Å². The van der Waals surface area contributed by atoms with Gasteiger partial charge < -0.3 is 4.84 Å². The van der Waals surface area contributed by atoms with Crippen LogP contribution in [-0.2, 0) is 22.8 Å². The molecule has 0 spiro atoms. The fourth-order valence-corrected chi connectivity index (χ4v) is 3.76. The van der Waals surface area contributed by atoms with E-state index >= 15 is 0 Å². The van der Waals surface area contributed by atoms with Crippen LogP contribution in [-0.4, -0.2) is 21.7 Å². The Morgan fingerprint density at radius 2 is 1.50 bits per heavy atom. The number of benzene rings is 2. The lowest BCUT2D eigenvalue weighted by Gasteiger charge is -2.30. The second-order valence-electron chi connectivity index (χ2n) is 8.05. The van der Waals surface area contributed by atoms with Crippen molar-refractivity contribution in [3.63, 3.8) is 0 Å². The third-order valence-corrected chi connectivity index (χ3v) is 5.65. The van der Waals surface area contributed by atoms with Crippen molar-refractivity contribution in [1.82, 2.24) is 9.78 Å². The molecule has 0 radical (unpaired) electrons. The molecule has 1 aliphatic rings. The van der Waals surface area contributed by atoms with Gasteiger partial charge in [-0.3, -0.25) is 0 Å². The molecule has 15 heteroatoms. The number of aromatic nitrogens is 2. The van der Waals surface area contributed by atoms with E-state index in [0.717, 1.165) is 10.7 Å². The first-order valence-electron chi connectivity index (χ1n) is 10.2. The van der Waals surface area contributed by atoms with Gasteiger partial charge in [0, 0.05) is 23.7 Å². The number of rotatable bonds is 3. The normalized spacial score (nSPS) is 17.9. The van der Waals surface area contributed by atoms with Crippen molar-refractivity contribution in [3.05, 3.63) is 82.2 Å². The molecule has 3 aromatic rings. The fourth-order valence-electron chi connectivity index (χ4n) is 3.76. The van der Waals surface area contributed by atoms with Crippen molar-refractivity contribution < 1.29 is 44.4 Å². The molecule has 1 aliphatic heterocycles. The van der Waals surface area contributed by atoms with Gasteiger partial charge in [0.25, 0.3) is 5.60 Å². The van der Waals surface area contributed by atoms with Crippen molar-refractivity contribution in [2.24, 2.45) is 5.16 Å². The van der Waals surface area contributed by atoms with Gasteiger partial charge in [-0.25, -0.2) is 4.68 Å². The number of oxime groups is 1. The minimum absolute atomic E-state index is 0.0600. The zero-order valence-electron chi connectivity index (χ0n) is 18.4. The number of nitrogens with zero attached hydrogens (tertiary/aromatic N) is 5. The van der Waals surface area contributed by atoms with Gasteiger partial charge in [-0.1, -0.05) is 11.2 Å². The number of alkyl halides is 9. The first kappa shape index (κ1) is 26.5. The lowest BCUT2D eigenvalue weighted by molar-refractivity contribution is -0.276. The van der Waals surface area contributed by atoms with Gasteiger partial charge in [0.2, 0.25) is 0 Å². The molecule has 2 aromatic carbocycles. The summed E-state index contributed by atoms with van der Waals surface area (Å²) in [6, 6.07) is 6.80. The Balaban J connectivity index is 1.79. The van der Waals surface area contributed by atoms with Crippen LogP contribution in [0.15, 0.2) is 53.9 Å². The first-order valence-corrected chi connectivity index (χ1v) is 10.2. The van der Waals surface area contributed by atoms with Crippen LogP contribution in [0, 0.1) is 22.7 Å². The van der Waals surface area contributed by atoms with E-state index in [4.69, 9.17) is 5.26 Å². The highest BCUT2D eigenvalue weighted by Crippen LogP contribution is 2.51. The summed E-state index contributed by atoms with van der Waals surface area (Å²) in [6.07, 6.45) is -15.1. The lowest BCUT2D eigenvalue weighted by Crippen LogP contribution is -2.43. The minimum atomic E-state index is -5.49. The number of halogens is 9. The summed E-state index contributed by atoms with van der Waals surface area (Å²) in [6.45, 7) is 0. The van der Waals surface area contributed by atoms with Crippen molar-refractivity contribution in [2.45, 2.75) is 30.6 Å². The number of nitriles is 2. The molecule has 0 bridgehead atoms. The molecular formula is C23H10F9N5O. The molecule has 0 aliphatic carbocycles. The summed E-state index contributed by atoms with van der Waals surface area (Å²) in [4.78, 5) is 4.59. The summed E-state index contributed by atoms with van der Waals surface area (Å²) in [7, 11) is 0. The van der Waals surface area contributed by atoms with Crippen molar-refractivity contribution in [2.75, 3.05) is 0 Å². The highest BCUT2D eigenvalue weighted by molar-refractivity contribution is 6.02. The van der Waals surface area contributed by atoms with E-state index < -0.39 is 53.0 Å². The molecule has 0 saturated carbocycles. The standard InChI is InChI=1S/C23H10F9N5O/c24-21(25,26)16-4-15(5-17(6-16)22(27,28)29)20(23(30,31)32)7-18(36-38-20)13-1-2-19(14(3-13)9-34)37-11-12(8-33)10-35-37/h1-6,10-11H,7H2. The van der Waals surface area contributed by atoms with Gasteiger partial charge >= 0.3 is 18.5 Å². The average Bonchev–Trinajstić information content (AvgIpc) is 3.50. The van der Waals surface area contributed by atoms with E-state index in [0.29, 0.717) is 0 Å². The second kappa shape index (κ2) is 8.79. The third-order valence-electron chi connectivity index (χ3n) is 5.65. The maximum Gasteiger partial charge on any atom is 0.435 e. The fraction of sp³-hybridized carbons (Fsp3) is 0.217. The van der Waals surface area contributed by atoms with E-state index in [9.17, 15) is 44.8 Å². The molecule has 2 heterocycles. The van der Waals surface area contributed by atoms with Gasteiger partial charge in [0.1, 0.15) is 12.1 Å². The quantitative estimate of drug-likeness (QED) is 0.367. The van der Waals surface area contributed by atoms with E-state index in [1.165, 1.54) is 24.5 Å². The Kier molecular flexibility index (Phi) is 6.14. The summed E-state index contributed by atoms with van der Waals surface area (Å²) in [5.74, 6) is 0. The molecule has 196 valence electrons. The molecule has 6 nitrogen and oxygen atoms in total. The summed E-state index contributed by atoms with van der Waals surface area (Å²) < 4.78 is 124. The maximum absolute atomic E-state index is 14.3. The van der Waals surface area contributed by atoms with Crippen LogP contribution >= 0.6 is 0 Å².